The van der Waals surface area contributed by atoms with Crippen molar-refractivity contribution in [2.24, 2.45) is 5.41 Å². The lowest BCUT2D eigenvalue weighted by Crippen LogP contribution is -2.42. The minimum Gasteiger partial charge on any atom is -0.497 e. The van der Waals surface area contributed by atoms with Gasteiger partial charge >= 0.3 is 5.97 Å². The smallest absolute Gasteiger partial charge is 0.303 e. The van der Waals surface area contributed by atoms with Crippen LogP contribution in [-0.4, -0.2) is 63.5 Å². The minimum atomic E-state index is -0.825. The molecule has 1 aliphatic heterocycles. The predicted octanol–water partition coefficient (Wildman–Crippen LogP) is 5.45. The van der Waals surface area contributed by atoms with E-state index in [0.29, 0.717) is 29.2 Å². The number of carboxylic acid groups (broad SMARTS) is 1. The van der Waals surface area contributed by atoms with Gasteiger partial charge in [-0.3, -0.25) is 9.78 Å². The zero-order valence-electron chi connectivity index (χ0n) is 20.4. The number of ether oxygens (including phenoxy) is 1. The first-order valence-corrected chi connectivity index (χ1v) is 13.5. The van der Waals surface area contributed by atoms with Crippen molar-refractivity contribution in [3.8, 4) is 5.75 Å². The highest BCUT2D eigenvalue weighted by Crippen LogP contribution is 2.43. The van der Waals surface area contributed by atoms with E-state index in [4.69, 9.17) is 16.3 Å². The maximum Gasteiger partial charge on any atom is 0.303 e. The van der Waals surface area contributed by atoms with Crippen LogP contribution in [-0.2, 0) is 4.79 Å². The van der Waals surface area contributed by atoms with Gasteiger partial charge in [-0.25, -0.2) is 4.98 Å². The second-order valence-electron chi connectivity index (χ2n) is 9.39. The molecule has 1 aromatic carbocycles. The fourth-order valence-electron chi connectivity index (χ4n) is 5.02. The number of likely N-dealkylation sites (tertiary alicyclic amines) is 1. The molecule has 3 heterocycles. The van der Waals surface area contributed by atoms with Gasteiger partial charge < -0.3 is 19.8 Å². The maximum atomic E-state index is 11.8. The Balaban J connectivity index is 1.39. The molecule has 3 aromatic rings. The summed E-state index contributed by atoms with van der Waals surface area (Å²) < 4.78 is 5.35. The van der Waals surface area contributed by atoms with E-state index in [-0.39, 0.29) is 11.8 Å². The average Bonchev–Trinajstić information content (AvgIpc) is 2.88. The minimum absolute atomic E-state index is 0.106. The summed E-state index contributed by atoms with van der Waals surface area (Å²) in [5.41, 5.74) is 1.01. The normalized spacial score (nSPS) is 16.6. The number of hydrogen-bond donors (Lipinski definition) is 2. The number of carboxylic acids is 1. The number of aliphatic hydroxyl groups is 1. The van der Waals surface area contributed by atoms with Gasteiger partial charge in [0.15, 0.2) is 0 Å². The Labute approximate surface area is 220 Å². The van der Waals surface area contributed by atoms with Gasteiger partial charge in [-0.1, -0.05) is 17.7 Å². The van der Waals surface area contributed by atoms with Gasteiger partial charge in [0.2, 0.25) is 0 Å². The lowest BCUT2D eigenvalue weighted by molar-refractivity contribution is -0.141. The predicted molar refractivity (Wildman–Crippen MR) is 143 cm³/mol. The molecule has 1 unspecified atom stereocenters. The van der Waals surface area contributed by atoms with Crippen LogP contribution in [0.4, 0.5) is 0 Å². The molecule has 4 rings (SSSR count). The summed E-state index contributed by atoms with van der Waals surface area (Å²) in [4.78, 5) is 22.9. The third kappa shape index (κ3) is 6.68. The number of methoxy groups -OCH3 is 1. The van der Waals surface area contributed by atoms with E-state index >= 15 is 0 Å². The molecule has 7 nitrogen and oxygen atoms in total. The molecule has 2 aromatic heterocycles. The highest BCUT2D eigenvalue weighted by Gasteiger charge is 2.37. The van der Waals surface area contributed by atoms with Crippen LogP contribution in [0.2, 0.25) is 5.02 Å². The number of fused-ring (bicyclic) bond motifs is 1. The summed E-state index contributed by atoms with van der Waals surface area (Å²) in [7, 11) is 1.59. The molecule has 1 aliphatic rings. The van der Waals surface area contributed by atoms with Crippen molar-refractivity contribution in [1.82, 2.24) is 14.9 Å². The van der Waals surface area contributed by atoms with Crippen molar-refractivity contribution in [3.63, 3.8) is 0 Å². The van der Waals surface area contributed by atoms with Crippen LogP contribution in [0.5, 0.6) is 5.75 Å². The van der Waals surface area contributed by atoms with Gasteiger partial charge in [0.05, 0.1) is 35.2 Å². The Morgan fingerprint density at radius 1 is 1.25 bits per heavy atom. The summed E-state index contributed by atoms with van der Waals surface area (Å²) in [6.07, 6.45) is 5.26. The molecule has 0 amide bonds. The van der Waals surface area contributed by atoms with Gasteiger partial charge in [-0.15, -0.1) is 11.8 Å². The average molecular weight is 530 g/mol. The molecule has 36 heavy (non-hydrogen) atoms. The molecule has 0 radical (unpaired) electrons. The Hall–Kier alpha value is -2.39. The van der Waals surface area contributed by atoms with Crippen molar-refractivity contribution >= 4 is 40.2 Å². The van der Waals surface area contributed by atoms with Crippen LogP contribution in [0.25, 0.3) is 10.9 Å². The molecular formula is C27H32ClN3O4S. The van der Waals surface area contributed by atoms with Crippen molar-refractivity contribution in [2.45, 2.75) is 43.2 Å². The quantitative estimate of drug-likeness (QED) is 0.316. The SMILES string of the molecule is COc1ccc2ncc(Cl)c(C(O)CCC3(CC(=O)O)CCN(CCSc4ccccn4)CC3)c2c1. The van der Waals surface area contributed by atoms with E-state index in [1.165, 1.54) is 0 Å². The summed E-state index contributed by atoms with van der Waals surface area (Å²) in [6.45, 7) is 2.64. The number of thioether (sulfide) groups is 1. The number of hydrogen-bond acceptors (Lipinski definition) is 7. The number of halogens is 1. The molecule has 1 atom stereocenters. The van der Waals surface area contributed by atoms with Gasteiger partial charge in [0.1, 0.15) is 5.75 Å². The van der Waals surface area contributed by atoms with E-state index < -0.39 is 12.1 Å². The van der Waals surface area contributed by atoms with Crippen LogP contribution >= 0.6 is 23.4 Å². The fourth-order valence-corrected chi connectivity index (χ4v) is 6.16. The zero-order chi connectivity index (χ0) is 25.5. The molecule has 1 fully saturated rings. The van der Waals surface area contributed by atoms with E-state index in [1.54, 1.807) is 31.3 Å². The van der Waals surface area contributed by atoms with Crippen LogP contribution in [0, 0.1) is 5.41 Å². The van der Waals surface area contributed by atoms with Gasteiger partial charge in [0, 0.05) is 35.6 Å². The summed E-state index contributed by atoms with van der Waals surface area (Å²) in [5.74, 6) is 0.815. The molecule has 1 saturated heterocycles. The fraction of sp³-hybridized carbons (Fsp3) is 0.444. The Morgan fingerprint density at radius 3 is 2.75 bits per heavy atom. The van der Waals surface area contributed by atoms with Crippen LogP contribution < -0.4 is 4.74 Å². The zero-order valence-corrected chi connectivity index (χ0v) is 22.0. The van der Waals surface area contributed by atoms with E-state index in [2.05, 4.69) is 14.9 Å². The largest absolute Gasteiger partial charge is 0.497 e. The standard InChI is InChI=1S/C27H32ClN3O4S/c1-35-19-5-6-22-20(16-19)26(21(28)18-30-22)23(32)7-8-27(17-25(33)34)9-12-31(13-10-27)14-15-36-24-4-2-3-11-29-24/h2-6,11,16,18,23,32H,7-10,12-15,17H2,1H3,(H,33,34). The monoisotopic (exact) mass is 529 g/mol. The van der Waals surface area contributed by atoms with Gasteiger partial charge in [-0.05, 0) is 74.5 Å². The van der Waals surface area contributed by atoms with Crippen molar-refractivity contribution in [2.75, 3.05) is 32.5 Å². The Kier molecular flexibility index (Phi) is 9.06. The van der Waals surface area contributed by atoms with Gasteiger partial charge in [-0.2, -0.15) is 0 Å². The second kappa shape index (κ2) is 12.2. The number of rotatable bonds is 11. The van der Waals surface area contributed by atoms with Crippen LogP contribution in [0.15, 0.2) is 53.8 Å². The van der Waals surface area contributed by atoms with E-state index in [0.717, 1.165) is 54.2 Å². The number of aliphatic carboxylic acids is 1. The highest BCUT2D eigenvalue weighted by molar-refractivity contribution is 7.99. The van der Waals surface area contributed by atoms with Crippen molar-refractivity contribution < 1.29 is 19.7 Å². The number of aliphatic hydroxyl groups excluding tert-OH is 1. The first kappa shape index (κ1) is 26.7. The molecule has 9 heteroatoms. The number of aromatic nitrogens is 2. The Bertz CT molecular complexity index is 1170. The third-order valence-corrected chi connectivity index (χ3v) is 8.31. The first-order chi connectivity index (χ1) is 17.4. The molecule has 0 spiro atoms. The molecule has 192 valence electrons. The number of piperidine rings is 1. The van der Waals surface area contributed by atoms with Crippen molar-refractivity contribution in [3.05, 3.63) is 59.4 Å². The number of carbonyl (C=O) groups is 1. The summed E-state index contributed by atoms with van der Waals surface area (Å²) in [6, 6.07) is 11.4. The number of pyridine rings is 2. The lowest BCUT2D eigenvalue weighted by atomic mass is 9.71. The molecule has 0 bridgehead atoms. The number of nitrogens with zero attached hydrogens (tertiary/aromatic N) is 3. The Morgan fingerprint density at radius 2 is 2.06 bits per heavy atom. The summed E-state index contributed by atoms with van der Waals surface area (Å²) >= 11 is 8.21. The molecule has 2 N–H and O–H groups in total. The molecule has 0 aliphatic carbocycles. The lowest BCUT2D eigenvalue weighted by Gasteiger charge is -2.41. The molecule has 0 saturated carbocycles. The maximum absolute atomic E-state index is 11.8. The number of benzene rings is 1. The van der Waals surface area contributed by atoms with E-state index in [1.807, 2.05) is 36.4 Å². The van der Waals surface area contributed by atoms with Crippen LogP contribution in [0.3, 0.4) is 0 Å². The second-order valence-corrected chi connectivity index (χ2v) is 10.9. The van der Waals surface area contributed by atoms with Crippen LogP contribution in [0.1, 0.15) is 43.8 Å². The van der Waals surface area contributed by atoms with Gasteiger partial charge in [0.25, 0.3) is 0 Å². The third-order valence-electron chi connectivity index (χ3n) is 7.09. The molecular weight excluding hydrogens is 498 g/mol. The topological polar surface area (TPSA) is 95.8 Å². The van der Waals surface area contributed by atoms with E-state index in [9.17, 15) is 15.0 Å². The first-order valence-electron chi connectivity index (χ1n) is 12.2. The van der Waals surface area contributed by atoms with Crippen molar-refractivity contribution in [1.29, 1.82) is 0 Å². The summed E-state index contributed by atoms with van der Waals surface area (Å²) in [5, 5.41) is 23.0. The highest BCUT2D eigenvalue weighted by atomic mass is 35.5.